The van der Waals surface area contributed by atoms with Crippen molar-refractivity contribution in [2.75, 3.05) is 0 Å². The molecule has 0 bridgehead atoms. The summed E-state index contributed by atoms with van der Waals surface area (Å²) >= 11 is 0. The minimum atomic E-state index is -1.76. The summed E-state index contributed by atoms with van der Waals surface area (Å²) in [5, 5.41) is 2.59. The predicted octanol–water partition coefficient (Wildman–Crippen LogP) is 4.43. The van der Waals surface area contributed by atoms with E-state index < -0.39 is 34.6 Å². The van der Waals surface area contributed by atoms with Crippen molar-refractivity contribution >= 4 is 23.0 Å². The molecule has 2 aromatic rings. The molecule has 0 fully saturated rings. The van der Waals surface area contributed by atoms with Crippen molar-refractivity contribution in [3.05, 3.63) is 54.6 Å². The van der Waals surface area contributed by atoms with Gasteiger partial charge in [0.2, 0.25) is 0 Å². The maximum absolute atomic E-state index is 12.8. The molecule has 2 N–H and O–H groups in total. The zero-order valence-electron chi connectivity index (χ0n) is 18.1. The Balaban J connectivity index is 2.11. The maximum atomic E-state index is 12.8. The molecule has 0 aliphatic rings. The van der Waals surface area contributed by atoms with Crippen LogP contribution in [0, 0.1) is 5.92 Å². The van der Waals surface area contributed by atoms with Crippen LogP contribution in [-0.2, 0) is 20.5 Å². The van der Waals surface area contributed by atoms with E-state index in [0.29, 0.717) is 11.3 Å². The summed E-state index contributed by atoms with van der Waals surface area (Å²) < 4.78 is 20.5. The highest BCUT2D eigenvalue weighted by atomic mass is 32.2. The van der Waals surface area contributed by atoms with Gasteiger partial charge in [0, 0.05) is 0 Å². The van der Waals surface area contributed by atoms with Crippen LogP contribution in [0.15, 0.2) is 59.5 Å². The van der Waals surface area contributed by atoms with Gasteiger partial charge in [-0.25, -0.2) is 9.00 Å². The molecule has 0 aromatic heterocycles. The van der Waals surface area contributed by atoms with Crippen LogP contribution in [0.5, 0.6) is 0 Å². The van der Waals surface area contributed by atoms with Gasteiger partial charge in [-0.05, 0) is 56.4 Å². The second-order valence-corrected chi connectivity index (χ2v) is 9.67. The molecule has 0 radical (unpaired) electrons. The van der Waals surface area contributed by atoms with Crippen molar-refractivity contribution in [3.8, 4) is 11.1 Å². The quantitative estimate of drug-likeness (QED) is 0.680. The Morgan fingerprint density at radius 1 is 1.00 bits per heavy atom. The molecule has 30 heavy (non-hydrogen) atoms. The number of hydrogen-bond donors (Lipinski definition) is 2. The Bertz CT molecular complexity index is 892. The Labute approximate surface area is 181 Å². The van der Waals surface area contributed by atoms with Gasteiger partial charge in [0.25, 0.3) is 5.91 Å². The molecule has 0 aliphatic heterocycles. The summed E-state index contributed by atoms with van der Waals surface area (Å²) in [6.45, 7) is 9.13. The van der Waals surface area contributed by atoms with E-state index in [1.54, 1.807) is 39.0 Å². The first kappa shape index (κ1) is 23.6. The van der Waals surface area contributed by atoms with Crippen molar-refractivity contribution in [2.24, 2.45) is 5.92 Å². The molecule has 2 rings (SSSR count). The lowest BCUT2D eigenvalue weighted by Crippen LogP contribution is -2.49. The number of ether oxygens (including phenoxy) is 1. The molecule has 0 saturated carbocycles. The molecule has 7 heteroatoms. The van der Waals surface area contributed by atoms with Gasteiger partial charge in [-0.15, -0.1) is 0 Å². The number of nitrogens with one attached hydrogen (secondary N) is 2. The van der Waals surface area contributed by atoms with Gasteiger partial charge < -0.3 is 10.1 Å². The van der Waals surface area contributed by atoms with Crippen molar-refractivity contribution < 1.29 is 18.5 Å². The van der Waals surface area contributed by atoms with Crippen LogP contribution in [0.1, 0.15) is 41.0 Å². The number of carbonyl (C=O) groups is 2. The van der Waals surface area contributed by atoms with E-state index in [-0.39, 0.29) is 5.92 Å². The highest BCUT2D eigenvalue weighted by Gasteiger charge is 2.26. The number of amides is 2. The van der Waals surface area contributed by atoms with E-state index in [1.807, 2.05) is 50.2 Å². The maximum Gasteiger partial charge on any atom is 0.408 e. The normalized spacial score (nSPS) is 13.4. The van der Waals surface area contributed by atoms with E-state index in [1.165, 1.54) is 0 Å². The third kappa shape index (κ3) is 7.63. The number of benzene rings is 2. The van der Waals surface area contributed by atoms with Crippen LogP contribution < -0.4 is 10.0 Å². The Kier molecular flexibility index (Phi) is 8.17. The number of hydrogen-bond acceptors (Lipinski definition) is 4. The van der Waals surface area contributed by atoms with Crippen LogP contribution in [0.4, 0.5) is 4.79 Å². The topological polar surface area (TPSA) is 84.5 Å². The minimum absolute atomic E-state index is 0.144. The van der Waals surface area contributed by atoms with Gasteiger partial charge in [-0.1, -0.05) is 56.3 Å². The molecule has 2 aromatic carbocycles. The second kappa shape index (κ2) is 10.4. The van der Waals surface area contributed by atoms with E-state index in [4.69, 9.17) is 4.74 Å². The molecule has 0 saturated heterocycles. The largest absolute Gasteiger partial charge is 0.444 e. The highest BCUT2D eigenvalue weighted by Crippen LogP contribution is 2.21. The van der Waals surface area contributed by atoms with E-state index in [0.717, 1.165) is 11.1 Å². The van der Waals surface area contributed by atoms with Crippen LogP contribution in [0.25, 0.3) is 11.1 Å². The van der Waals surface area contributed by atoms with E-state index in [2.05, 4.69) is 10.0 Å². The second-order valence-electron chi connectivity index (χ2n) is 8.46. The van der Waals surface area contributed by atoms with Gasteiger partial charge in [0.05, 0.1) is 4.90 Å². The molecule has 0 heterocycles. The predicted molar refractivity (Wildman–Crippen MR) is 119 cm³/mol. The zero-order chi connectivity index (χ0) is 22.3. The monoisotopic (exact) mass is 430 g/mol. The standard InChI is InChI=1S/C23H30N2O4S/c1-16(2)14-20(24-22(27)29-23(3,4)5)21(26)25-30(28)19-13-9-12-18(15-19)17-10-7-6-8-11-17/h6-13,15-16,20H,14H2,1-5H3,(H,24,27)(H,25,26)/t20-,30?/m0/s1. The minimum Gasteiger partial charge on any atom is -0.444 e. The van der Waals surface area contributed by atoms with Crippen LogP contribution >= 0.6 is 0 Å². The molecular weight excluding hydrogens is 400 g/mol. The SMILES string of the molecule is CC(C)C[C@H](NC(=O)OC(C)(C)C)C(=O)NS(=O)c1cccc(-c2ccccc2)c1. The molecule has 2 atom stereocenters. The fraction of sp³-hybridized carbons (Fsp3) is 0.391. The average Bonchev–Trinajstić information content (AvgIpc) is 2.66. The molecule has 0 spiro atoms. The van der Waals surface area contributed by atoms with Crippen LogP contribution in [0.3, 0.4) is 0 Å². The van der Waals surface area contributed by atoms with Crippen molar-refractivity contribution in [1.29, 1.82) is 0 Å². The summed E-state index contributed by atoms with van der Waals surface area (Å²) in [6.07, 6.45) is -0.285. The lowest BCUT2D eigenvalue weighted by molar-refractivity contribution is -0.121. The zero-order valence-corrected chi connectivity index (χ0v) is 18.9. The first-order valence-corrected chi connectivity index (χ1v) is 11.1. The molecule has 2 amide bonds. The number of carbonyl (C=O) groups excluding carboxylic acids is 2. The fourth-order valence-corrected chi connectivity index (χ4v) is 3.67. The summed E-state index contributed by atoms with van der Waals surface area (Å²) in [5.41, 5.74) is 1.22. The highest BCUT2D eigenvalue weighted by molar-refractivity contribution is 7.83. The Hall–Kier alpha value is -2.67. The third-order valence-corrected chi connectivity index (χ3v) is 5.13. The molecule has 6 nitrogen and oxygen atoms in total. The Morgan fingerprint density at radius 2 is 1.63 bits per heavy atom. The van der Waals surface area contributed by atoms with E-state index in [9.17, 15) is 13.8 Å². The van der Waals surface area contributed by atoms with Gasteiger partial charge in [-0.2, -0.15) is 0 Å². The van der Waals surface area contributed by atoms with Gasteiger partial charge in [0.15, 0.2) is 11.0 Å². The molecule has 162 valence electrons. The number of rotatable bonds is 7. The van der Waals surface area contributed by atoms with Crippen molar-refractivity contribution in [2.45, 2.75) is 57.6 Å². The summed E-state index contributed by atoms with van der Waals surface area (Å²) in [7, 11) is -1.76. The Morgan fingerprint density at radius 3 is 2.23 bits per heavy atom. The van der Waals surface area contributed by atoms with Crippen LogP contribution in [0.2, 0.25) is 0 Å². The molecule has 1 unspecified atom stereocenters. The summed E-state index contributed by atoms with van der Waals surface area (Å²) in [6, 6.07) is 16.1. The molecule has 0 aliphatic carbocycles. The summed E-state index contributed by atoms with van der Waals surface area (Å²) in [5.74, 6) is -0.372. The first-order valence-electron chi connectivity index (χ1n) is 9.92. The van der Waals surface area contributed by atoms with Crippen molar-refractivity contribution in [1.82, 2.24) is 10.0 Å². The molecular formula is C23H30N2O4S. The fourth-order valence-electron chi connectivity index (χ4n) is 2.80. The number of alkyl carbamates (subject to hydrolysis) is 1. The van der Waals surface area contributed by atoms with Gasteiger partial charge in [-0.3, -0.25) is 9.52 Å². The van der Waals surface area contributed by atoms with Crippen LogP contribution in [-0.4, -0.2) is 27.9 Å². The van der Waals surface area contributed by atoms with Gasteiger partial charge >= 0.3 is 6.09 Å². The lowest BCUT2D eigenvalue weighted by atomic mass is 10.0. The smallest absolute Gasteiger partial charge is 0.408 e. The lowest BCUT2D eigenvalue weighted by Gasteiger charge is -2.24. The average molecular weight is 431 g/mol. The third-order valence-electron chi connectivity index (χ3n) is 4.06. The van der Waals surface area contributed by atoms with Crippen molar-refractivity contribution in [3.63, 3.8) is 0 Å². The first-order chi connectivity index (χ1) is 14.0. The van der Waals surface area contributed by atoms with Gasteiger partial charge in [0.1, 0.15) is 11.6 Å². The van der Waals surface area contributed by atoms with E-state index >= 15 is 0 Å². The summed E-state index contributed by atoms with van der Waals surface area (Å²) in [4.78, 5) is 25.3.